The first kappa shape index (κ1) is 15.9. The summed E-state index contributed by atoms with van der Waals surface area (Å²) in [5.41, 5.74) is 1.34. The van der Waals surface area contributed by atoms with Crippen LogP contribution in [0.25, 0.3) is 0 Å². The van der Waals surface area contributed by atoms with E-state index in [1.54, 1.807) is 19.2 Å². The lowest BCUT2D eigenvalue weighted by Gasteiger charge is -2.40. The summed E-state index contributed by atoms with van der Waals surface area (Å²) in [6.45, 7) is 3.04. The van der Waals surface area contributed by atoms with Gasteiger partial charge in [0.15, 0.2) is 5.60 Å². The van der Waals surface area contributed by atoms with Crippen LogP contribution in [0.1, 0.15) is 47.3 Å². The van der Waals surface area contributed by atoms with E-state index in [1.165, 1.54) is 0 Å². The number of hydrogen-bond donors (Lipinski definition) is 1. The normalized spacial score (nSPS) is 26.0. The number of nitrogens with zero attached hydrogens (tertiary/aromatic N) is 2. The average Bonchev–Trinajstić information content (AvgIpc) is 3.16. The van der Waals surface area contributed by atoms with Crippen molar-refractivity contribution >= 4 is 11.9 Å². The zero-order valence-electron chi connectivity index (χ0n) is 14.2. The third-order valence-electron chi connectivity index (χ3n) is 5.21. The molecule has 0 spiro atoms. The molecule has 0 aliphatic carbocycles. The molecule has 2 aliphatic rings. The Morgan fingerprint density at radius 2 is 2.20 bits per heavy atom. The smallest absolute Gasteiger partial charge is 0.339 e. The van der Waals surface area contributed by atoms with Crippen molar-refractivity contribution in [3.63, 3.8) is 0 Å². The summed E-state index contributed by atoms with van der Waals surface area (Å²) in [7, 11) is 0. The molecule has 0 radical (unpaired) electrons. The number of esters is 1. The van der Waals surface area contributed by atoms with Gasteiger partial charge in [0.05, 0.1) is 5.56 Å². The second-order valence-electron chi connectivity index (χ2n) is 7.06. The number of carbonyl (C=O) groups excluding carboxylic acids is 2. The predicted octanol–water partition coefficient (Wildman–Crippen LogP) is 2.29. The zero-order chi connectivity index (χ0) is 17.4. The summed E-state index contributed by atoms with van der Waals surface area (Å²) < 4.78 is 5.59. The number of carbonyl (C=O) groups is 2. The van der Waals surface area contributed by atoms with Crippen molar-refractivity contribution in [3.05, 3.63) is 53.3 Å². The number of piperidine rings is 1. The highest BCUT2D eigenvalue weighted by Gasteiger charge is 2.45. The number of aromatic nitrogens is 2. The molecule has 1 N–H and O–H groups in total. The SMILES string of the molecule is CC1(C(=O)N2CCCC(c3ccn[nH]3)C2)Cc2ccccc2C(=O)O1. The van der Waals surface area contributed by atoms with E-state index in [0.29, 0.717) is 25.1 Å². The third-order valence-corrected chi connectivity index (χ3v) is 5.21. The lowest BCUT2D eigenvalue weighted by atomic mass is 9.87. The first-order valence-electron chi connectivity index (χ1n) is 8.67. The Labute approximate surface area is 146 Å². The second kappa shape index (κ2) is 6.02. The van der Waals surface area contributed by atoms with Gasteiger partial charge in [0, 0.05) is 37.3 Å². The van der Waals surface area contributed by atoms with E-state index < -0.39 is 11.6 Å². The number of rotatable bonds is 2. The topological polar surface area (TPSA) is 75.3 Å². The minimum absolute atomic E-state index is 0.112. The lowest BCUT2D eigenvalue weighted by molar-refractivity contribution is -0.152. The molecule has 25 heavy (non-hydrogen) atoms. The molecule has 4 rings (SSSR count). The van der Waals surface area contributed by atoms with Crippen LogP contribution in [0, 0.1) is 0 Å². The molecule has 130 valence electrons. The Kier molecular flexibility index (Phi) is 3.82. The standard InChI is InChI=1S/C19H21N3O3/c1-19(11-13-5-2-3-7-15(13)17(23)25-19)18(24)22-10-4-6-14(12-22)16-8-9-20-21-16/h2-3,5,7-9,14H,4,6,10-12H2,1H3,(H,20,21). The minimum atomic E-state index is -1.14. The van der Waals surface area contributed by atoms with E-state index in [2.05, 4.69) is 10.2 Å². The van der Waals surface area contributed by atoms with Crippen LogP contribution in [0.5, 0.6) is 0 Å². The van der Waals surface area contributed by atoms with Gasteiger partial charge in [-0.2, -0.15) is 5.10 Å². The summed E-state index contributed by atoms with van der Waals surface area (Å²) in [4.78, 5) is 27.3. The maximum atomic E-state index is 13.2. The highest BCUT2D eigenvalue weighted by atomic mass is 16.6. The predicted molar refractivity (Wildman–Crippen MR) is 91.1 cm³/mol. The van der Waals surface area contributed by atoms with Gasteiger partial charge in [-0.25, -0.2) is 4.79 Å². The van der Waals surface area contributed by atoms with Crippen molar-refractivity contribution < 1.29 is 14.3 Å². The molecule has 2 unspecified atom stereocenters. The van der Waals surface area contributed by atoms with Gasteiger partial charge in [0.1, 0.15) is 0 Å². The molecule has 1 fully saturated rings. The van der Waals surface area contributed by atoms with E-state index in [9.17, 15) is 9.59 Å². The maximum Gasteiger partial charge on any atom is 0.339 e. The van der Waals surface area contributed by atoms with Crippen molar-refractivity contribution in [2.24, 2.45) is 0 Å². The number of hydrogen-bond acceptors (Lipinski definition) is 4. The Balaban J connectivity index is 1.55. The number of amides is 1. The molecule has 1 aromatic heterocycles. The van der Waals surface area contributed by atoms with Crippen molar-refractivity contribution in [3.8, 4) is 0 Å². The fourth-order valence-electron chi connectivity index (χ4n) is 3.90. The molecule has 0 saturated carbocycles. The van der Waals surface area contributed by atoms with Crippen LogP contribution in [-0.4, -0.2) is 45.7 Å². The van der Waals surface area contributed by atoms with Gasteiger partial charge in [0.25, 0.3) is 5.91 Å². The average molecular weight is 339 g/mol. The van der Waals surface area contributed by atoms with E-state index >= 15 is 0 Å². The number of H-pyrrole nitrogens is 1. The van der Waals surface area contributed by atoms with Crippen LogP contribution in [0.2, 0.25) is 0 Å². The summed E-state index contributed by atoms with van der Waals surface area (Å²) >= 11 is 0. The molecule has 6 heteroatoms. The quantitative estimate of drug-likeness (QED) is 0.852. The fraction of sp³-hybridized carbons (Fsp3) is 0.421. The highest BCUT2D eigenvalue weighted by Crippen LogP contribution is 2.32. The zero-order valence-corrected chi connectivity index (χ0v) is 14.2. The largest absolute Gasteiger partial charge is 0.445 e. The minimum Gasteiger partial charge on any atom is -0.445 e. The van der Waals surface area contributed by atoms with Crippen LogP contribution in [0.4, 0.5) is 0 Å². The van der Waals surface area contributed by atoms with Crippen LogP contribution in [-0.2, 0) is 16.0 Å². The Morgan fingerprint density at radius 3 is 3.00 bits per heavy atom. The van der Waals surface area contributed by atoms with Gasteiger partial charge in [-0.1, -0.05) is 18.2 Å². The van der Waals surface area contributed by atoms with E-state index in [4.69, 9.17) is 4.74 Å². The van der Waals surface area contributed by atoms with Gasteiger partial charge in [-0.3, -0.25) is 9.89 Å². The van der Waals surface area contributed by atoms with E-state index in [-0.39, 0.29) is 11.8 Å². The molecule has 1 saturated heterocycles. The summed E-state index contributed by atoms with van der Waals surface area (Å²) in [6.07, 6.45) is 4.09. The Morgan fingerprint density at radius 1 is 1.36 bits per heavy atom. The van der Waals surface area contributed by atoms with E-state index in [1.807, 2.05) is 29.2 Å². The number of cyclic esters (lactones) is 1. The Hall–Kier alpha value is -2.63. The number of ether oxygens (including phenoxy) is 1. The maximum absolute atomic E-state index is 13.2. The molecule has 3 heterocycles. The molecule has 1 aromatic carbocycles. The van der Waals surface area contributed by atoms with Gasteiger partial charge < -0.3 is 9.64 Å². The van der Waals surface area contributed by atoms with Gasteiger partial charge in [-0.15, -0.1) is 0 Å². The second-order valence-corrected chi connectivity index (χ2v) is 7.06. The Bertz CT molecular complexity index is 802. The summed E-state index contributed by atoms with van der Waals surface area (Å²) in [5.74, 6) is -0.283. The van der Waals surface area contributed by atoms with Gasteiger partial charge >= 0.3 is 5.97 Å². The van der Waals surface area contributed by atoms with Gasteiger partial charge in [0.2, 0.25) is 0 Å². The third kappa shape index (κ3) is 2.81. The number of nitrogens with one attached hydrogen (secondary N) is 1. The summed E-state index contributed by atoms with van der Waals surface area (Å²) in [6, 6.07) is 9.29. The molecular weight excluding hydrogens is 318 g/mol. The van der Waals surface area contributed by atoms with Crippen molar-refractivity contribution in [2.75, 3.05) is 13.1 Å². The molecule has 0 bridgehead atoms. The molecule has 2 aromatic rings. The summed E-state index contributed by atoms with van der Waals surface area (Å²) in [5, 5.41) is 7.01. The molecule has 2 atom stereocenters. The molecule has 2 aliphatic heterocycles. The number of aromatic amines is 1. The van der Waals surface area contributed by atoms with Crippen LogP contribution in [0.3, 0.4) is 0 Å². The monoisotopic (exact) mass is 339 g/mol. The number of fused-ring (bicyclic) bond motifs is 1. The number of likely N-dealkylation sites (tertiary alicyclic amines) is 1. The van der Waals surface area contributed by atoms with Gasteiger partial charge in [-0.05, 0) is 37.5 Å². The van der Waals surface area contributed by atoms with Crippen molar-refractivity contribution in [1.29, 1.82) is 0 Å². The van der Waals surface area contributed by atoms with Crippen LogP contribution >= 0.6 is 0 Å². The van der Waals surface area contributed by atoms with Crippen LogP contribution in [0.15, 0.2) is 36.5 Å². The van der Waals surface area contributed by atoms with Crippen molar-refractivity contribution in [1.82, 2.24) is 15.1 Å². The van der Waals surface area contributed by atoms with E-state index in [0.717, 1.165) is 24.1 Å². The van der Waals surface area contributed by atoms with Crippen molar-refractivity contribution in [2.45, 2.75) is 37.7 Å². The first-order chi connectivity index (χ1) is 12.1. The van der Waals surface area contributed by atoms with Crippen LogP contribution < -0.4 is 0 Å². The first-order valence-corrected chi connectivity index (χ1v) is 8.67. The molecular formula is C19H21N3O3. The molecule has 6 nitrogen and oxygen atoms in total. The lowest BCUT2D eigenvalue weighted by Crippen LogP contribution is -2.55. The molecule has 1 amide bonds. The number of benzene rings is 1. The fourth-order valence-corrected chi connectivity index (χ4v) is 3.90. The highest BCUT2D eigenvalue weighted by molar-refractivity contribution is 5.97.